The second kappa shape index (κ2) is 6.82. The Balaban J connectivity index is 1.69. The number of carbonyl (C=O) groups is 1. The number of para-hydroxylation sites is 1. The van der Waals surface area contributed by atoms with E-state index in [0.717, 1.165) is 29.9 Å². The standard InChI is InChI=1S/C19H23N3O/c1-15-7-5-8-16(2)19(15)20-18(23)14-21-10-6-9-17(13-21)22-11-3-4-12-22/h5-10,13H,3-4,11-12,14H2,1-2H3/p+1. The second-order valence-corrected chi connectivity index (χ2v) is 6.24. The molecule has 1 aliphatic rings. The normalized spacial score (nSPS) is 14.1. The molecule has 1 amide bonds. The molecule has 1 saturated heterocycles. The lowest BCUT2D eigenvalue weighted by Crippen LogP contribution is -2.40. The van der Waals surface area contributed by atoms with Gasteiger partial charge in [0, 0.05) is 24.8 Å². The van der Waals surface area contributed by atoms with Crippen LogP contribution in [-0.4, -0.2) is 19.0 Å². The second-order valence-electron chi connectivity index (χ2n) is 6.24. The van der Waals surface area contributed by atoms with Crippen molar-refractivity contribution in [3.63, 3.8) is 0 Å². The van der Waals surface area contributed by atoms with Crippen molar-refractivity contribution in [1.29, 1.82) is 0 Å². The number of hydrogen-bond acceptors (Lipinski definition) is 2. The Morgan fingerprint density at radius 1 is 1.13 bits per heavy atom. The molecular formula is C19H24N3O+. The van der Waals surface area contributed by atoms with Crippen LogP contribution in [0, 0.1) is 13.8 Å². The first kappa shape index (κ1) is 15.5. The molecule has 1 fully saturated rings. The van der Waals surface area contributed by atoms with Gasteiger partial charge >= 0.3 is 0 Å². The Morgan fingerprint density at radius 3 is 2.52 bits per heavy atom. The minimum atomic E-state index is 0.00553. The monoisotopic (exact) mass is 310 g/mol. The molecule has 2 heterocycles. The first-order valence-electron chi connectivity index (χ1n) is 8.23. The minimum absolute atomic E-state index is 0.00553. The van der Waals surface area contributed by atoms with Gasteiger partial charge in [-0.2, -0.15) is 4.57 Å². The number of carbonyl (C=O) groups excluding carboxylic acids is 1. The summed E-state index contributed by atoms with van der Waals surface area (Å²) in [5.74, 6) is 0.00553. The number of nitrogens with zero attached hydrogens (tertiary/aromatic N) is 2. The van der Waals surface area contributed by atoms with Crippen LogP contribution >= 0.6 is 0 Å². The zero-order chi connectivity index (χ0) is 16.2. The van der Waals surface area contributed by atoms with E-state index < -0.39 is 0 Å². The summed E-state index contributed by atoms with van der Waals surface area (Å²) in [6, 6.07) is 10.2. The molecule has 1 aromatic carbocycles. The van der Waals surface area contributed by atoms with Crippen LogP contribution in [0.2, 0.25) is 0 Å². The van der Waals surface area contributed by atoms with E-state index in [1.807, 2.05) is 48.9 Å². The Bertz CT molecular complexity index is 685. The maximum atomic E-state index is 12.4. The molecule has 1 N–H and O–H groups in total. The van der Waals surface area contributed by atoms with Crippen molar-refractivity contribution in [2.24, 2.45) is 0 Å². The molecule has 4 heteroatoms. The fourth-order valence-electron chi connectivity index (χ4n) is 3.13. The van der Waals surface area contributed by atoms with Gasteiger partial charge < -0.3 is 10.2 Å². The van der Waals surface area contributed by atoms with Gasteiger partial charge in [0.2, 0.25) is 6.54 Å². The molecule has 0 bridgehead atoms. The zero-order valence-corrected chi connectivity index (χ0v) is 13.9. The number of pyridine rings is 1. The summed E-state index contributed by atoms with van der Waals surface area (Å²) in [7, 11) is 0. The van der Waals surface area contributed by atoms with E-state index in [1.165, 1.54) is 18.5 Å². The number of amides is 1. The van der Waals surface area contributed by atoms with Crippen molar-refractivity contribution in [1.82, 2.24) is 0 Å². The summed E-state index contributed by atoms with van der Waals surface area (Å²) in [6.07, 6.45) is 6.52. The highest BCUT2D eigenvalue weighted by molar-refractivity contribution is 5.91. The van der Waals surface area contributed by atoms with Gasteiger partial charge in [-0.3, -0.25) is 4.79 Å². The van der Waals surface area contributed by atoms with E-state index in [1.54, 1.807) is 0 Å². The van der Waals surface area contributed by atoms with E-state index in [2.05, 4.69) is 22.5 Å². The maximum absolute atomic E-state index is 12.4. The van der Waals surface area contributed by atoms with Gasteiger partial charge in [-0.05, 0) is 43.9 Å². The van der Waals surface area contributed by atoms with Crippen LogP contribution in [0.15, 0.2) is 42.7 Å². The summed E-state index contributed by atoms with van der Waals surface area (Å²) in [5.41, 5.74) is 4.31. The van der Waals surface area contributed by atoms with Crippen LogP contribution in [0.3, 0.4) is 0 Å². The molecule has 0 unspecified atom stereocenters. The number of aromatic nitrogens is 1. The highest BCUT2D eigenvalue weighted by Gasteiger charge is 2.17. The largest absolute Gasteiger partial charge is 0.367 e. The summed E-state index contributed by atoms with van der Waals surface area (Å²) < 4.78 is 1.95. The first-order valence-corrected chi connectivity index (χ1v) is 8.23. The van der Waals surface area contributed by atoms with E-state index >= 15 is 0 Å². The molecule has 0 saturated carbocycles. The highest BCUT2D eigenvalue weighted by Crippen LogP contribution is 2.19. The summed E-state index contributed by atoms with van der Waals surface area (Å²) in [5, 5.41) is 3.04. The van der Waals surface area contributed by atoms with Crippen molar-refractivity contribution < 1.29 is 9.36 Å². The van der Waals surface area contributed by atoms with Crippen LogP contribution < -0.4 is 14.8 Å². The molecule has 3 rings (SSSR count). The van der Waals surface area contributed by atoms with Crippen LogP contribution in [0.25, 0.3) is 0 Å². The quantitative estimate of drug-likeness (QED) is 0.882. The van der Waals surface area contributed by atoms with Crippen molar-refractivity contribution in [3.8, 4) is 0 Å². The predicted molar refractivity (Wildman–Crippen MR) is 92.6 cm³/mol. The van der Waals surface area contributed by atoms with Gasteiger partial charge in [-0.25, -0.2) is 0 Å². The molecule has 4 nitrogen and oxygen atoms in total. The summed E-state index contributed by atoms with van der Waals surface area (Å²) in [4.78, 5) is 14.7. The Labute approximate surface area is 137 Å². The minimum Gasteiger partial charge on any atom is -0.367 e. The topological polar surface area (TPSA) is 36.2 Å². The van der Waals surface area contributed by atoms with Gasteiger partial charge in [0.25, 0.3) is 5.91 Å². The number of anilines is 2. The van der Waals surface area contributed by atoms with Gasteiger partial charge in [-0.15, -0.1) is 0 Å². The molecule has 120 valence electrons. The highest BCUT2D eigenvalue weighted by atomic mass is 16.1. The van der Waals surface area contributed by atoms with Gasteiger partial charge in [0.15, 0.2) is 12.4 Å². The Hall–Kier alpha value is -2.36. The fraction of sp³-hybridized carbons (Fsp3) is 0.368. The van der Waals surface area contributed by atoms with Gasteiger partial charge in [0.1, 0.15) is 5.69 Å². The lowest BCUT2D eigenvalue weighted by atomic mass is 10.1. The SMILES string of the molecule is Cc1cccc(C)c1NC(=O)C[n+]1cccc(N2CCCC2)c1. The molecule has 1 aromatic heterocycles. The van der Waals surface area contributed by atoms with E-state index in [4.69, 9.17) is 0 Å². The molecular weight excluding hydrogens is 286 g/mol. The lowest BCUT2D eigenvalue weighted by Gasteiger charge is -2.15. The Morgan fingerprint density at radius 2 is 1.83 bits per heavy atom. The fourth-order valence-corrected chi connectivity index (χ4v) is 3.13. The Kier molecular flexibility index (Phi) is 4.60. The molecule has 1 aliphatic heterocycles. The van der Waals surface area contributed by atoms with E-state index in [9.17, 15) is 4.79 Å². The molecule has 23 heavy (non-hydrogen) atoms. The third-order valence-corrected chi connectivity index (χ3v) is 4.39. The van der Waals surface area contributed by atoms with E-state index in [-0.39, 0.29) is 5.91 Å². The molecule has 2 aromatic rings. The van der Waals surface area contributed by atoms with Crippen LogP contribution in [0.1, 0.15) is 24.0 Å². The predicted octanol–water partition coefficient (Wildman–Crippen LogP) is 2.83. The maximum Gasteiger partial charge on any atom is 0.290 e. The summed E-state index contributed by atoms with van der Waals surface area (Å²) in [6.45, 7) is 6.58. The number of hydrogen-bond donors (Lipinski definition) is 1. The molecule has 0 atom stereocenters. The first-order chi connectivity index (χ1) is 11.1. The van der Waals surface area contributed by atoms with Crippen LogP contribution in [-0.2, 0) is 11.3 Å². The van der Waals surface area contributed by atoms with Crippen LogP contribution in [0.5, 0.6) is 0 Å². The van der Waals surface area contributed by atoms with Crippen molar-refractivity contribution in [3.05, 3.63) is 53.9 Å². The van der Waals surface area contributed by atoms with Crippen molar-refractivity contribution >= 4 is 17.3 Å². The number of rotatable bonds is 4. The third-order valence-electron chi connectivity index (χ3n) is 4.39. The number of aryl methyl sites for hydroxylation is 2. The number of benzene rings is 1. The average Bonchev–Trinajstić information content (AvgIpc) is 3.06. The van der Waals surface area contributed by atoms with Gasteiger partial charge in [0.05, 0.1) is 0 Å². The zero-order valence-electron chi connectivity index (χ0n) is 13.9. The summed E-state index contributed by atoms with van der Waals surface area (Å²) >= 11 is 0. The molecule has 0 radical (unpaired) electrons. The molecule has 0 aliphatic carbocycles. The van der Waals surface area contributed by atoms with Gasteiger partial charge in [-0.1, -0.05) is 18.2 Å². The van der Waals surface area contributed by atoms with Crippen molar-refractivity contribution in [2.45, 2.75) is 33.2 Å². The number of nitrogens with one attached hydrogen (secondary N) is 1. The average molecular weight is 310 g/mol. The van der Waals surface area contributed by atoms with Crippen molar-refractivity contribution in [2.75, 3.05) is 23.3 Å². The van der Waals surface area contributed by atoms with Crippen LogP contribution in [0.4, 0.5) is 11.4 Å². The smallest absolute Gasteiger partial charge is 0.290 e. The third kappa shape index (κ3) is 3.70. The van der Waals surface area contributed by atoms with E-state index in [0.29, 0.717) is 6.54 Å². The lowest BCUT2D eigenvalue weighted by molar-refractivity contribution is -0.683. The molecule has 0 spiro atoms.